The number of nitrogens with zero attached hydrogens (tertiary/aromatic N) is 2. The fourth-order valence-electron chi connectivity index (χ4n) is 1.53. The number of rotatable bonds is 7. The summed E-state index contributed by atoms with van der Waals surface area (Å²) in [5, 5.41) is 19.7. The Labute approximate surface area is 111 Å². The molecule has 104 valence electrons. The van der Waals surface area contributed by atoms with Crippen LogP contribution < -0.4 is 0 Å². The number of hydrogen-bond donors (Lipinski definition) is 1. The molecule has 0 spiro atoms. The molecule has 7 nitrogen and oxygen atoms in total. The van der Waals surface area contributed by atoms with Crippen molar-refractivity contribution in [3.8, 4) is 0 Å². The largest absolute Gasteiger partial charge is 0.395 e. The molecule has 0 heterocycles. The number of nitro benzene ring substituents is 1. The van der Waals surface area contributed by atoms with Gasteiger partial charge in [-0.15, -0.1) is 6.58 Å². The van der Waals surface area contributed by atoms with Crippen molar-refractivity contribution in [2.24, 2.45) is 0 Å². The molecule has 1 N–H and O–H groups in total. The summed E-state index contributed by atoms with van der Waals surface area (Å²) >= 11 is 0. The summed E-state index contributed by atoms with van der Waals surface area (Å²) in [5.41, 5.74) is -0.491. The topological polar surface area (TPSA) is 101 Å². The van der Waals surface area contributed by atoms with Gasteiger partial charge in [0.1, 0.15) is 0 Å². The predicted octanol–water partition coefficient (Wildman–Crippen LogP) is 0.764. The fourth-order valence-corrected chi connectivity index (χ4v) is 3.09. The molecule has 0 aromatic heterocycles. The third-order valence-electron chi connectivity index (χ3n) is 2.36. The van der Waals surface area contributed by atoms with Crippen LogP contribution in [0.1, 0.15) is 0 Å². The van der Waals surface area contributed by atoms with E-state index in [2.05, 4.69) is 6.58 Å². The molecule has 8 heteroatoms. The molecule has 0 aliphatic heterocycles. The maximum atomic E-state index is 12.3. The van der Waals surface area contributed by atoms with Crippen molar-refractivity contribution >= 4 is 15.7 Å². The first-order valence-corrected chi connectivity index (χ1v) is 6.84. The molecule has 1 aromatic rings. The molecule has 0 aliphatic carbocycles. The van der Waals surface area contributed by atoms with Gasteiger partial charge in [-0.1, -0.05) is 18.2 Å². The molecule has 0 radical (unpaired) electrons. The van der Waals surface area contributed by atoms with Crippen molar-refractivity contribution in [2.75, 3.05) is 19.7 Å². The van der Waals surface area contributed by atoms with Gasteiger partial charge in [-0.3, -0.25) is 10.1 Å². The lowest BCUT2D eigenvalue weighted by Crippen LogP contribution is -2.34. The molecule has 0 atom stereocenters. The van der Waals surface area contributed by atoms with E-state index < -0.39 is 25.5 Å². The van der Waals surface area contributed by atoms with E-state index in [1.807, 2.05) is 0 Å². The minimum Gasteiger partial charge on any atom is -0.395 e. The Balaban J connectivity index is 3.32. The quantitative estimate of drug-likeness (QED) is 0.453. The molecule has 0 unspecified atom stereocenters. The van der Waals surface area contributed by atoms with E-state index >= 15 is 0 Å². The second-order valence-corrected chi connectivity index (χ2v) is 5.51. The minimum atomic E-state index is -4.04. The Bertz CT molecular complexity index is 570. The lowest BCUT2D eigenvalue weighted by Gasteiger charge is -2.19. The average Bonchev–Trinajstić information content (AvgIpc) is 2.38. The summed E-state index contributed by atoms with van der Waals surface area (Å²) in [4.78, 5) is 9.71. The monoisotopic (exact) mass is 286 g/mol. The van der Waals surface area contributed by atoms with E-state index in [9.17, 15) is 18.5 Å². The Morgan fingerprint density at radius 1 is 1.42 bits per heavy atom. The molecule has 0 saturated carbocycles. The highest BCUT2D eigenvalue weighted by atomic mass is 32.2. The van der Waals surface area contributed by atoms with Gasteiger partial charge in [0.25, 0.3) is 5.69 Å². The third-order valence-corrected chi connectivity index (χ3v) is 4.27. The molecular formula is C11H14N2O5S. The van der Waals surface area contributed by atoms with Gasteiger partial charge < -0.3 is 5.11 Å². The van der Waals surface area contributed by atoms with Gasteiger partial charge >= 0.3 is 0 Å². The molecule has 19 heavy (non-hydrogen) atoms. The molecule has 1 aromatic carbocycles. The van der Waals surface area contributed by atoms with E-state index in [0.717, 1.165) is 10.4 Å². The number of hydrogen-bond acceptors (Lipinski definition) is 5. The summed E-state index contributed by atoms with van der Waals surface area (Å²) in [6.45, 7) is 2.86. The normalized spacial score (nSPS) is 11.5. The summed E-state index contributed by atoms with van der Waals surface area (Å²) in [6, 6.07) is 5.09. The second kappa shape index (κ2) is 6.41. The second-order valence-electron chi connectivity index (χ2n) is 3.60. The first-order valence-electron chi connectivity index (χ1n) is 5.40. The van der Waals surface area contributed by atoms with Crippen LogP contribution in [0.4, 0.5) is 5.69 Å². The number of para-hydroxylation sites is 1. The Hall–Kier alpha value is -1.77. The van der Waals surface area contributed by atoms with Crippen LogP contribution in [-0.4, -0.2) is 42.4 Å². The van der Waals surface area contributed by atoms with Crippen molar-refractivity contribution in [2.45, 2.75) is 4.90 Å². The SMILES string of the molecule is C=CCN(CCO)S(=O)(=O)c1ccccc1[N+](=O)[O-]. The van der Waals surface area contributed by atoms with Crippen molar-refractivity contribution in [3.05, 3.63) is 47.0 Å². The van der Waals surface area contributed by atoms with Crippen LogP contribution in [-0.2, 0) is 10.0 Å². The highest BCUT2D eigenvalue weighted by molar-refractivity contribution is 7.89. The smallest absolute Gasteiger partial charge is 0.289 e. The first kappa shape index (κ1) is 15.3. The summed E-state index contributed by atoms with van der Waals surface area (Å²) in [6.07, 6.45) is 1.35. The zero-order chi connectivity index (χ0) is 14.5. The standard InChI is InChI=1S/C11H14N2O5S/c1-2-7-12(8-9-14)19(17,18)11-6-4-3-5-10(11)13(15)16/h2-6,14H,1,7-9H2. The molecule has 0 fully saturated rings. The third kappa shape index (κ3) is 3.37. The number of benzene rings is 1. The number of aliphatic hydroxyl groups is 1. The van der Waals surface area contributed by atoms with E-state index in [1.54, 1.807) is 0 Å². The minimum absolute atomic E-state index is 0.0328. The van der Waals surface area contributed by atoms with E-state index in [4.69, 9.17) is 5.11 Å². The van der Waals surface area contributed by atoms with Crippen LogP contribution in [0.15, 0.2) is 41.8 Å². The number of aliphatic hydroxyl groups excluding tert-OH is 1. The summed E-state index contributed by atoms with van der Waals surface area (Å²) in [5.74, 6) is 0. The maximum absolute atomic E-state index is 12.3. The first-order chi connectivity index (χ1) is 8.95. The highest BCUT2D eigenvalue weighted by Gasteiger charge is 2.30. The van der Waals surface area contributed by atoms with Gasteiger partial charge in [-0.25, -0.2) is 8.42 Å². The van der Waals surface area contributed by atoms with Gasteiger partial charge in [0.2, 0.25) is 10.0 Å². The molecule has 0 saturated heterocycles. The fraction of sp³-hybridized carbons (Fsp3) is 0.273. The number of sulfonamides is 1. The van der Waals surface area contributed by atoms with Crippen LogP contribution in [0.5, 0.6) is 0 Å². The van der Waals surface area contributed by atoms with E-state index in [1.165, 1.54) is 24.3 Å². The van der Waals surface area contributed by atoms with Crippen LogP contribution in [0.2, 0.25) is 0 Å². The molecular weight excluding hydrogens is 272 g/mol. The van der Waals surface area contributed by atoms with Gasteiger partial charge in [0.05, 0.1) is 11.5 Å². The summed E-state index contributed by atoms with van der Waals surface area (Å²) in [7, 11) is -4.04. The van der Waals surface area contributed by atoms with Crippen LogP contribution in [0.3, 0.4) is 0 Å². The lowest BCUT2D eigenvalue weighted by molar-refractivity contribution is -0.387. The van der Waals surface area contributed by atoms with Crippen molar-refractivity contribution in [3.63, 3.8) is 0 Å². The number of nitro groups is 1. The maximum Gasteiger partial charge on any atom is 0.289 e. The molecule has 0 bridgehead atoms. The van der Waals surface area contributed by atoms with Crippen molar-refractivity contribution < 1.29 is 18.4 Å². The van der Waals surface area contributed by atoms with Gasteiger partial charge in [0.15, 0.2) is 4.90 Å². The zero-order valence-corrected chi connectivity index (χ0v) is 10.9. The lowest BCUT2D eigenvalue weighted by atomic mass is 10.3. The van der Waals surface area contributed by atoms with Gasteiger partial charge in [0, 0.05) is 19.2 Å². The van der Waals surface area contributed by atoms with Gasteiger partial charge in [-0.05, 0) is 6.07 Å². The Kier molecular flexibility index (Phi) is 5.16. The average molecular weight is 286 g/mol. The van der Waals surface area contributed by atoms with Crippen molar-refractivity contribution in [1.29, 1.82) is 0 Å². The molecule has 1 rings (SSSR count). The zero-order valence-electron chi connectivity index (χ0n) is 10.1. The van der Waals surface area contributed by atoms with Crippen molar-refractivity contribution in [1.82, 2.24) is 4.31 Å². The van der Waals surface area contributed by atoms with E-state index in [0.29, 0.717) is 0 Å². The van der Waals surface area contributed by atoms with Gasteiger partial charge in [-0.2, -0.15) is 4.31 Å². The Morgan fingerprint density at radius 2 is 2.05 bits per heavy atom. The predicted molar refractivity (Wildman–Crippen MR) is 69.1 cm³/mol. The molecule has 0 amide bonds. The molecule has 0 aliphatic rings. The Morgan fingerprint density at radius 3 is 2.58 bits per heavy atom. The van der Waals surface area contributed by atoms with E-state index in [-0.39, 0.29) is 19.7 Å². The van der Waals surface area contributed by atoms with Crippen LogP contribution >= 0.6 is 0 Å². The highest BCUT2D eigenvalue weighted by Crippen LogP contribution is 2.25. The summed E-state index contributed by atoms with van der Waals surface area (Å²) < 4.78 is 25.5. The van der Waals surface area contributed by atoms with Crippen LogP contribution in [0.25, 0.3) is 0 Å². The van der Waals surface area contributed by atoms with Crippen LogP contribution in [0, 0.1) is 10.1 Å².